The molecule has 4 aromatic carbocycles. The van der Waals surface area contributed by atoms with Gasteiger partial charge in [-0.2, -0.15) is 0 Å². The van der Waals surface area contributed by atoms with Gasteiger partial charge < -0.3 is 14.9 Å². The molecule has 2 aromatic heterocycles. The van der Waals surface area contributed by atoms with E-state index in [1.54, 1.807) is 12.1 Å². The van der Waals surface area contributed by atoms with E-state index >= 15 is 0 Å². The van der Waals surface area contributed by atoms with E-state index in [0.29, 0.717) is 11.8 Å². The molecule has 6 aromatic rings. The van der Waals surface area contributed by atoms with Crippen molar-refractivity contribution in [3.63, 3.8) is 0 Å². The number of phenolic OH excluding ortho intramolecular Hbond substituents is 1. The third-order valence-electron chi connectivity index (χ3n) is 9.81. The van der Waals surface area contributed by atoms with E-state index in [-0.39, 0.29) is 50.9 Å². The van der Waals surface area contributed by atoms with Crippen molar-refractivity contribution in [2.75, 3.05) is 41.3 Å². The second kappa shape index (κ2) is 26.8. The number of primary sulfonamides is 1. The Balaban J connectivity index is 0.000000237. The SMILES string of the molecule is CN(C)CCC(c1ccc(Cl)cc1)c1ccccn1.CN(C)CCC(c1ccc(Cl)cc1)c1ccccn1.Cc1cc(O)cc(C)c1Cl.NS(=O)(=O)c1cc2c(cc1Cl)N=CNS2(=O)=O.[NaH]. The molecular formula is C47H54Cl4N7NaO5S2. The molecule has 66 heavy (non-hydrogen) atoms. The van der Waals surface area contributed by atoms with Gasteiger partial charge in [-0.25, -0.2) is 27.0 Å². The Bertz CT molecular complexity index is 2600. The van der Waals surface area contributed by atoms with E-state index < -0.39 is 24.9 Å². The standard InChI is InChI=1S/2C16H19ClN2.C8H9ClO.C7H6ClN3O4S2.Na.H/c2*1-19(2)12-10-15(16-5-3-4-11-18-16)13-6-8-14(17)9-7-13;1-5-3-7(10)4-6(2)8(5)9;8-4-1-5-7(2-6(4)16(9,12)13)17(14,15)11-3-10-5;;/h2*3-9,11,15H,10,12H2,1-2H3;3-4,10H,1-2H3;1-3H,(H,10,11)(H2,9,12,13);;. The Hall–Kier alpha value is -3.61. The van der Waals surface area contributed by atoms with Crippen molar-refractivity contribution < 1.29 is 21.9 Å². The first-order valence-electron chi connectivity index (χ1n) is 20.2. The molecule has 19 heteroatoms. The normalized spacial score (nSPS) is 13.2. The van der Waals surface area contributed by atoms with Gasteiger partial charge in [0.05, 0.1) is 10.7 Å². The van der Waals surface area contributed by atoms with Gasteiger partial charge in [0.1, 0.15) is 21.9 Å². The number of rotatable bonds is 11. The van der Waals surface area contributed by atoms with Crippen LogP contribution in [0.5, 0.6) is 5.75 Å². The van der Waals surface area contributed by atoms with Crippen molar-refractivity contribution in [3.05, 3.63) is 175 Å². The maximum atomic E-state index is 11.6. The molecular weight excluding hydrogens is 971 g/mol. The van der Waals surface area contributed by atoms with Crippen LogP contribution in [0, 0.1) is 13.8 Å². The number of aromatic hydroxyl groups is 1. The summed E-state index contributed by atoms with van der Waals surface area (Å²) in [6, 6.07) is 33.6. The molecule has 0 spiro atoms. The van der Waals surface area contributed by atoms with Crippen molar-refractivity contribution in [2.45, 2.75) is 48.3 Å². The van der Waals surface area contributed by atoms with Crippen molar-refractivity contribution in [1.29, 1.82) is 0 Å². The Morgan fingerprint density at radius 3 is 1.52 bits per heavy atom. The Kier molecular flexibility index (Phi) is 23.0. The zero-order valence-electron chi connectivity index (χ0n) is 36.8. The van der Waals surface area contributed by atoms with Crippen LogP contribution in [0.2, 0.25) is 20.1 Å². The summed E-state index contributed by atoms with van der Waals surface area (Å²) in [4.78, 5) is 16.4. The van der Waals surface area contributed by atoms with Crippen LogP contribution in [-0.4, -0.2) is 119 Å². The van der Waals surface area contributed by atoms with Gasteiger partial charge in [0.2, 0.25) is 10.0 Å². The van der Waals surface area contributed by atoms with Crippen LogP contribution in [0.4, 0.5) is 5.69 Å². The fraction of sp³-hybridized carbons (Fsp3) is 0.255. The summed E-state index contributed by atoms with van der Waals surface area (Å²) in [5.41, 5.74) is 6.66. The topological polar surface area (TPSA) is 171 Å². The van der Waals surface area contributed by atoms with Gasteiger partial charge in [0, 0.05) is 50.7 Å². The number of nitrogens with one attached hydrogen (secondary N) is 1. The van der Waals surface area contributed by atoms with E-state index in [0.717, 1.165) is 82.0 Å². The average molecular weight is 1030 g/mol. The average Bonchev–Trinajstić information content (AvgIpc) is 3.25. The van der Waals surface area contributed by atoms with Crippen LogP contribution < -0.4 is 9.86 Å². The van der Waals surface area contributed by atoms with Crippen LogP contribution in [0.3, 0.4) is 0 Å². The molecule has 2 atom stereocenters. The van der Waals surface area contributed by atoms with Gasteiger partial charge in [-0.05, 0) is 163 Å². The molecule has 1 aliphatic heterocycles. The Morgan fingerprint density at radius 1 is 0.697 bits per heavy atom. The summed E-state index contributed by atoms with van der Waals surface area (Å²) < 4.78 is 47.6. The molecule has 12 nitrogen and oxygen atoms in total. The van der Waals surface area contributed by atoms with Crippen LogP contribution in [0.15, 0.2) is 136 Å². The second-order valence-corrected chi connectivity index (χ2v) is 20.3. The van der Waals surface area contributed by atoms with Gasteiger partial charge in [-0.3, -0.25) is 14.7 Å². The zero-order valence-corrected chi connectivity index (χ0v) is 41.5. The third-order valence-corrected chi connectivity index (χ3v) is 13.6. The number of aliphatic imine (C=N–C) groups is 1. The number of sulfonamides is 2. The molecule has 7 rings (SSSR count). The monoisotopic (exact) mass is 1020 g/mol. The molecule has 348 valence electrons. The summed E-state index contributed by atoms with van der Waals surface area (Å²) in [5.74, 6) is 0.918. The van der Waals surface area contributed by atoms with Gasteiger partial charge in [-0.15, -0.1) is 0 Å². The summed E-state index contributed by atoms with van der Waals surface area (Å²) in [6.45, 7) is 5.80. The fourth-order valence-electron chi connectivity index (χ4n) is 6.51. The van der Waals surface area contributed by atoms with E-state index in [1.165, 1.54) is 11.1 Å². The predicted molar refractivity (Wildman–Crippen MR) is 272 cm³/mol. The molecule has 0 radical (unpaired) electrons. The van der Waals surface area contributed by atoms with Crippen molar-refractivity contribution in [2.24, 2.45) is 10.1 Å². The predicted octanol–water partition coefficient (Wildman–Crippen LogP) is 9.59. The van der Waals surface area contributed by atoms with E-state index in [2.05, 4.69) is 89.3 Å². The van der Waals surface area contributed by atoms with E-state index in [1.807, 2.05) is 79.5 Å². The number of nitrogens with zero attached hydrogens (tertiary/aromatic N) is 5. The molecule has 4 N–H and O–H groups in total. The fourth-order valence-corrected chi connectivity index (χ4v) is 9.02. The van der Waals surface area contributed by atoms with Crippen LogP contribution in [0.1, 0.15) is 58.3 Å². The number of aryl methyl sites for hydroxylation is 2. The summed E-state index contributed by atoms with van der Waals surface area (Å²) in [6.07, 6.45) is 6.78. The molecule has 0 fully saturated rings. The zero-order chi connectivity index (χ0) is 47.9. The number of phenols is 1. The Labute approximate surface area is 431 Å². The summed E-state index contributed by atoms with van der Waals surface area (Å²) in [7, 11) is 0.466. The number of halogens is 4. The minimum atomic E-state index is -4.09. The quantitative estimate of drug-likeness (QED) is 0.107. The van der Waals surface area contributed by atoms with Gasteiger partial charge in [0.25, 0.3) is 10.0 Å². The summed E-state index contributed by atoms with van der Waals surface area (Å²) in [5, 5.41) is 16.1. The molecule has 0 bridgehead atoms. The molecule has 0 aliphatic carbocycles. The van der Waals surface area contributed by atoms with Gasteiger partial charge >= 0.3 is 29.6 Å². The van der Waals surface area contributed by atoms with E-state index in [9.17, 15) is 16.8 Å². The van der Waals surface area contributed by atoms with E-state index in [4.69, 9.17) is 56.6 Å². The van der Waals surface area contributed by atoms with Crippen LogP contribution >= 0.6 is 46.4 Å². The van der Waals surface area contributed by atoms with Gasteiger partial charge in [0.15, 0.2) is 0 Å². The summed E-state index contributed by atoms with van der Waals surface area (Å²) >= 11 is 23.5. The first kappa shape index (κ1) is 56.7. The molecule has 0 saturated heterocycles. The molecule has 3 heterocycles. The number of hydrogen-bond donors (Lipinski definition) is 3. The number of hydrogen-bond acceptors (Lipinski definition) is 10. The third kappa shape index (κ3) is 17.8. The Morgan fingerprint density at radius 2 is 1.14 bits per heavy atom. The first-order chi connectivity index (χ1) is 30.7. The number of benzene rings is 4. The first-order valence-corrected chi connectivity index (χ1v) is 24.7. The number of aromatic nitrogens is 2. The number of nitrogens with two attached hydrogens (primary N) is 1. The minimum absolute atomic E-state index is 0. The van der Waals surface area contributed by atoms with Crippen molar-refractivity contribution in [3.8, 4) is 5.75 Å². The molecule has 0 amide bonds. The van der Waals surface area contributed by atoms with Gasteiger partial charge in [-0.1, -0.05) is 82.8 Å². The van der Waals surface area contributed by atoms with Crippen LogP contribution in [0.25, 0.3) is 0 Å². The van der Waals surface area contributed by atoms with Crippen molar-refractivity contribution in [1.82, 2.24) is 24.5 Å². The number of fused-ring (bicyclic) bond motifs is 1. The number of pyridine rings is 2. The van der Waals surface area contributed by atoms with Crippen molar-refractivity contribution >= 4 is 108 Å². The molecule has 1 aliphatic rings. The molecule has 0 saturated carbocycles. The maximum absolute atomic E-state index is 11.6. The molecule has 2 unspecified atom stereocenters. The second-order valence-electron chi connectivity index (χ2n) is 15.5. The van der Waals surface area contributed by atoms with Crippen LogP contribution in [-0.2, 0) is 20.0 Å².